The number of carbonyl (C=O) groups is 1. The Bertz CT molecular complexity index is 778. The Kier molecular flexibility index (Phi) is 3.87. The SMILES string of the molecule is NC(=O)C1(c2ccc(-c3ccc(CC(N)(F)F)cc3)c(F)c2)CC1. The summed E-state index contributed by atoms with van der Waals surface area (Å²) >= 11 is 0. The van der Waals surface area contributed by atoms with Crippen molar-refractivity contribution < 1.29 is 18.0 Å². The Morgan fingerprint density at radius 2 is 1.75 bits per heavy atom. The number of amides is 1. The number of hydrogen-bond donors (Lipinski definition) is 2. The van der Waals surface area contributed by atoms with Crippen LogP contribution >= 0.6 is 0 Å². The van der Waals surface area contributed by atoms with Crippen LogP contribution in [0.4, 0.5) is 13.2 Å². The van der Waals surface area contributed by atoms with Crippen molar-refractivity contribution in [2.24, 2.45) is 11.5 Å². The fourth-order valence-electron chi connectivity index (χ4n) is 2.92. The van der Waals surface area contributed by atoms with Gasteiger partial charge in [-0.2, -0.15) is 8.78 Å². The first kappa shape index (κ1) is 16.5. The van der Waals surface area contributed by atoms with E-state index >= 15 is 0 Å². The van der Waals surface area contributed by atoms with Crippen molar-refractivity contribution in [1.29, 1.82) is 0 Å². The van der Waals surface area contributed by atoms with Gasteiger partial charge in [0, 0.05) is 5.56 Å². The van der Waals surface area contributed by atoms with Crippen LogP contribution in [0, 0.1) is 5.82 Å². The molecule has 24 heavy (non-hydrogen) atoms. The monoisotopic (exact) mass is 334 g/mol. The first-order valence-corrected chi connectivity index (χ1v) is 7.57. The molecule has 1 fully saturated rings. The van der Waals surface area contributed by atoms with Crippen LogP contribution in [0.15, 0.2) is 42.5 Å². The Hall–Kier alpha value is -2.34. The maximum absolute atomic E-state index is 14.4. The third kappa shape index (κ3) is 3.14. The Labute approximate surface area is 137 Å². The molecule has 2 aromatic rings. The molecule has 1 aliphatic carbocycles. The van der Waals surface area contributed by atoms with Gasteiger partial charge in [0.15, 0.2) is 0 Å². The third-order valence-corrected chi connectivity index (χ3v) is 4.45. The number of carbonyl (C=O) groups excluding carboxylic acids is 1. The lowest BCUT2D eigenvalue weighted by Crippen LogP contribution is -2.30. The topological polar surface area (TPSA) is 69.1 Å². The molecule has 1 amide bonds. The summed E-state index contributed by atoms with van der Waals surface area (Å²) in [5.41, 5.74) is 11.2. The Morgan fingerprint density at radius 1 is 1.12 bits per heavy atom. The van der Waals surface area contributed by atoms with Gasteiger partial charge in [0.05, 0.1) is 11.8 Å². The summed E-state index contributed by atoms with van der Waals surface area (Å²) in [7, 11) is 0. The van der Waals surface area contributed by atoms with E-state index in [-0.39, 0.29) is 0 Å². The van der Waals surface area contributed by atoms with Crippen molar-refractivity contribution >= 4 is 5.91 Å². The lowest BCUT2D eigenvalue weighted by molar-refractivity contribution is -0.120. The molecule has 0 bridgehead atoms. The molecular formula is C18H17F3N2O. The molecule has 0 heterocycles. The minimum absolute atomic E-state index is 0.338. The molecule has 3 rings (SSSR count). The van der Waals surface area contributed by atoms with Crippen LogP contribution in [0.5, 0.6) is 0 Å². The number of primary amides is 1. The minimum Gasteiger partial charge on any atom is -0.369 e. The lowest BCUT2D eigenvalue weighted by atomic mass is 9.92. The van der Waals surface area contributed by atoms with E-state index in [4.69, 9.17) is 11.5 Å². The predicted octanol–water partition coefficient (Wildman–Crippen LogP) is 3.10. The first-order valence-electron chi connectivity index (χ1n) is 7.57. The van der Waals surface area contributed by atoms with Crippen molar-refractivity contribution in [3.8, 4) is 11.1 Å². The van der Waals surface area contributed by atoms with E-state index in [0.717, 1.165) is 0 Å². The maximum Gasteiger partial charge on any atom is 0.304 e. The average molecular weight is 334 g/mol. The fraction of sp³-hybridized carbons (Fsp3) is 0.278. The van der Waals surface area contributed by atoms with Gasteiger partial charge in [-0.3, -0.25) is 10.5 Å². The summed E-state index contributed by atoms with van der Waals surface area (Å²) < 4.78 is 40.0. The van der Waals surface area contributed by atoms with E-state index in [1.54, 1.807) is 24.3 Å². The molecule has 0 unspecified atom stereocenters. The molecule has 1 saturated carbocycles. The lowest BCUT2D eigenvalue weighted by Gasteiger charge is -2.14. The first-order chi connectivity index (χ1) is 11.2. The molecule has 0 spiro atoms. The van der Waals surface area contributed by atoms with Crippen molar-refractivity contribution in [3.05, 3.63) is 59.4 Å². The zero-order valence-corrected chi connectivity index (χ0v) is 12.9. The Balaban J connectivity index is 1.87. The highest BCUT2D eigenvalue weighted by Crippen LogP contribution is 2.48. The van der Waals surface area contributed by atoms with E-state index in [1.807, 2.05) is 0 Å². The van der Waals surface area contributed by atoms with Crippen LogP contribution in [0.3, 0.4) is 0 Å². The van der Waals surface area contributed by atoms with E-state index in [0.29, 0.717) is 35.1 Å². The highest BCUT2D eigenvalue weighted by molar-refractivity contribution is 5.90. The summed E-state index contributed by atoms with van der Waals surface area (Å²) in [5, 5.41) is 0. The molecule has 126 valence electrons. The van der Waals surface area contributed by atoms with Crippen LogP contribution in [0.25, 0.3) is 11.1 Å². The summed E-state index contributed by atoms with van der Waals surface area (Å²) in [6, 6.07) is 7.46. The molecular weight excluding hydrogens is 317 g/mol. The van der Waals surface area contributed by atoms with E-state index < -0.39 is 29.6 Å². The van der Waals surface area contributed by atoms with Gasteiger partial charge in [-0.1, -0.05) is 36.4 Å². The molecule has 0 aliphatic heterocycles. The number of benzene rings is 2. The van der Waals surface area contributed by atoms with Gasteiger partial charge in [-0.05, 0) is 35.6 Å². The highest BCUT2D eigenvalue weighted by atomic mass is 19.3. The molecule has 6 heteroatoms. The van der Waals surface area contributed by atoms with Crippen molar-refractivity contribution in [3.63, 3.8) is 0 Å². The fourth-order valence-corrected chi connectivity index (χ4v) is 2.92. The number of halogens is 3. The molecule has 0 saturated heterocycles. The van der Waals surface area contributed by atoms with Gasteiger partial charge in [0.25, 0.3) is 0 Å². The van der Waals surface area contributed by atoms with Gasteiger partial charge >= 0.3 is 6.05 Å². The van der Waals surface area contributed by atoms with Crippen LogP contribution in [-0.4, -0.2) is 12.0 Å². The normalized spacial score (nSPS) is 16.0. The average Bonchev–Trinajstić information content (AvgIpc) is 3.28. The Morgan fingerprint density at radius 3 is 2.21 bits per heavy atom. The molecule has 3 nitrogen and oxygen atoms in total. The van der Waals surface area contributed by atoms with Gasteiger partial charge < -0.3 is 5.73 Å². The van der Waals surface area contributed by atoms with Gasteiger partial charge in [0.2, 0.25) is 5.91 Å². The maximum atomic E-state index is 14.4. The largest absolute Gasteiger partial charge is 0.369 e. The second kappa shape index (κ2) is 5.63. The predicted molar refractivity (Wildman–Crippen MR) is 84.8 cm³/mol. The second-order valence-electron chi connectivity index (χ2n) is 6.28. The van der Waals surface area contributed by atoms with Gasteiger partial charge in [-0.25, -0.2) is 4.39 Å². The molecule has 0 radical (unpaired) electrons. The summed E-state index contributed by atoms with van der Waals surface area (Å²) in [6.07, 6.45) is 0.683. The van der Waals surface area contributed by atoms with E-state index in [9.17, 15) is 18.0 Å². The van der Waals surface area contributed by atoms with Crippen molar-refractivity contribution in [2.45, 2.75) is 30.7 Å². The third-order valence-electron chi connectivity index (χ3n) is 4.45. The summed E-state index contributed by atoms with van der Waals surface area (Å²) in [4.78, 5) is 11.5. The number of rotatable bonds is 5. The van der Waals surface area contributed by atoms with Crippen molar-refractivity contribution in [1.82, 2.24) is 0 Å². The zero-order chi connectivity index (χ0) is 17.5. The number of nitrogens with two attached hydrogens (primary N) is 2. The molecule has 2 aromatic carbocycles. The standard InChI is InChI=1S/C18H17F3N2O/c19-15-9-13(17(7-8-17)16(22)24)5-6-14(15)12-3-1-11(2-4-12)10-18(20,21)23/h1-6,9H,7-8,10,23H2,(H2,22,24). The van der Waals surface area contributed by atoms with E-state index in [1.165, 1.54) is 18.2 Å². The number of hydrogen-bond acceptors (Lipinski definition) is 2. The van der Waals surface area contributed by atoms with Crippen LogP contribution in [0.1, 0.15) is 24.0 Å². The zero-order valence-electron chi connectivity index (χ0n) is 12.9. The highest BCUT2D eigenvalue weighted by Gasteiger charge is 2.50. The molecule has 4 N–H and O–H groups in total. The van der Waals surface area contributed by atoms with E-state index in [2.05, 4.69) is 0 Å². The van der Waals surface area contributed by atoms with Crippen molar-refractivity contribution in [2.75, 3.05) is 0 Å². The summed E-state index contributed by atoms with van der Waals surface area (Å²) in [5.74, 6) is -0.918. The van der Waals surface area contributed by atoms with Crippen LogP contribution in [-0.2, 0) is 16.6 Å². The second-order valence-corrected chi connectivity index (χ2v) is 6.28. The van der Waals surface area contributed by atoms with Gasteiger partial charge in [-0.15, -0.1) is 0 Å². The number of alkyl halides is 2. The van der Waals surface area contributed by atoms with Crippen LogP contribution in [0.2, 0.25) is 0 Å². The summed E-state index contributed by atoms with van der Waals surface area (Å²) in [6.45, 7) is 0. The van der Waals surface area contributed by atoms with Crippen LogP contribution < -0.4 is 11.5 Å². The molecule has 0 atom stereocenters. The molecule has 0 aromatic heterocycles. The minimum atomic E-state index is -3.28. The molecule has 1 aliphatic rings. The smallest absolute Gasteiger partial charge is 0.304 e. The quantitative estimate of drug-likeness (QED) is 0.825. The van der Waals surface area contributed by atoms with Gasteiger partial charge in [0.1, 0.15) is 5.82 Å².